The van der Waals surface area contributed by atoms with Crippen LogP contribution in [0.5, 0.6) is 0 Å². The Hall–Kier alpha value is -0.200. The number of nitrogens with one attached hydrogen (secondary N) is 1. The number of hydrogen-bond acceptors (Lipinski definition) is 2. The summed E-state index contributed by atoms with van der Waals surface area (Å²) < 4.78 is 5.38. The van der Waals surface area contributed by atoms with Gasteiger partial charge in [0, 0.05) is 5.71 Å². The maximum atomic E-state index is 7.22. The Morgan fingerprint density at radius 3 is 2.36 bits per heavy atom. The van der Waals surface area contributed by atoms with E-state index in [4.69, 9.17) is 10.1 Å². The molecule has 0 aliphatic carbocycles. The number of rotatable bonds is 4. The van der Waals surface area contributed by atoms with E-state index in [1.807, 2.05) is 13.8 Å². The van der Waals surface area contributed by atoms with Crippen molar-refractivity contribution < 1.29 is 4.74 Å². The van der Waals surface area contributed by atoms with Crippen molar-refractivity contribution in [3.63, 3.8) is 0 Å². The lowest BCUT2D eigenvalue weighted by Crippen LogP contribution is -2.17. The van der Waals surface area contributed by atoms with Gasteiger partial charge in [0.15, 0.2) is 0 Å². The Balaban J connectivity index is 3.73. The zero-order chi connectivity index (χ0) is 9.07. The van der Waals surface area contributed by atoms with E-state index in [1.54, 1.807) is 6.92 Å². The van der Waals surface area contributed by atoms with Gasteiger partial charge in [-0.25, -0.2) is 0 Å². The molecule has 0 spiro atoms. The smallest absolute Gasteiger partial charge is 0.0762 e. The van der Waals surface area contributed by atoms with Gasteiger partial charge in [-0.1, -0.05) is 6.58 Å². The summed E-state index contributed by atoms with van der Waals surface area (Å²) >= 11 is 0. The first-order valence-corrected chi connectivity index (χ1v) is 4.07. The van der Waals surface area contributed by atoms with Crippen LogP contribution in [-0.2, 0) is 4.74 Å². The lowest BCUT2D eigenvalue weighted by atomic mass is 10.2. The molecule has 0 aliphatic heterocycles. The standard InChI is InChI=1S/C8H16NOP/c1-6(7(2)9)5-10-8(3,4)11/h9H,1,5,11H2,2-4H3. The van der Waals surface area contributed by atoms with Gasteiger partial charge in [0.05, 0.1) is 11.9 Å². The maximum Gasteiger partial charge on any atom is 0.0762 e. The molecule has 0 saturated heterocycles. The van der Waals surface area contributed by atoms with Crippen LogP contribution in [0.15, 0.2) is 12.2 Å². The second kappa shape index (κ2) is 3.99. The van der Waals surface area contributed by atoms with E-state index in [1.165, 1.54) is 0 Å². The van der Waals surface area contributed by atoms with Crippen molar-refractivity contribution in [2.45, 2.75) is 26.1 Å². The second-order valence-electron chi connectivity index (χ2n) is 3.12. The van der Waals surface area contributed by atoms with Crippen molar-refractivity contribution in [1.29, 1.82) is 5.41 Å². The Kier molecular flexibility index (Phi) is 3.91. The first kappa shape index (κ1) is 10.8. The zero-order valence-corrected chi connectivity index (χ0v) is 8.55. The Morgan fingerprint density at radius 1 is 1.64 bits per heavy atom. The van der Waals surface area contributed by atoms with Crippen LogP contribution in [0.3, 0.4) is 0 Å². The Bertz CT molecular complexity index is 169. The highest BCUT2D eigenvalue weighted by Crippen LogP contribution is 2.18. The third-order valence-electron chi connectivity index (χ3n) is 1.15. The quantitative estimate of drug-likeness (QED) is 0.513. The van der Waals surface area contributed by atoms with Gasteiger partial charge in [-0.2, -0.15) is 0 Å². The van der Waals surface area contributed by atoms with E-state index in [2.05, 4.69) is 15.8 Å². The van der Waals surface area contributed by atoms with Gasteiger partial charge in [0.25, 0.3) is 0 Å². The summed E-state index contributed by atoms with van der Waals surface area (Å²) in [5.74, 6) is 0. The molecule has 0 saturated carbocycles. The lowest BCUT2D eigenvalue weighted by molar-refractivity contribution is 0.0709. The van der Waals surface area contributed by atoms with Crippen LogP contribution in [-0.4, -0.2) is 17.7 Å². The summed E-state index contributed by atoms with van der Waals surface area (Å²) in [6, 6.07) is 0. The summed E-state index contributed by atoms with van der Waals surface area (Å²) in [7, 11) is 2.58. The van der Waals surface area contributed by atoms with Gasteiger partial charge in [-0.3, -0.25) is 0 Å². The fourth-order valence-electron chi connectivity index (χ4n) is 0.381. The highest BCUT2D eigenvalue weighted by molar-refractivity contribution is 7.18. The van der Waals surface area contributed by atoms with E-state index in [0.717, 1.165) is 5.57 Å². The van der Waals surface area contributed by atoms with Crippen molar-refractivity contribution in [3.8, 4) is 0 Å². The summed E-state index contributed by atoms with van der Waals surface area (Å²) in [6.45, 7) is 9.74. The van der Waals surface area contributed by atoms with E-state index >= 15 is 0 Å². The summed E-state index contributed by atoms with van der Waals surface area (Å²) in [4.78, 5) is 0. The topological polar surface area (TPSA) is 33.1 Å². The van der Waals surface area contributed by atoms with Crippen LogP contribution in [0.4, 0.5) is 0 Å². The molecule has 1 N–H and O–H groups in total. The molecular formula is C8H16NOP. The molecule has 0 rings (SSSR count). The van der Waals surface area contributed by atoms with Gasteiger partial charge in [0.2, 0.25) is 0 Å². The summed E-state index contributed by atoms with van der Waals surface area (Å²) in [6.07, 6.45) is 0. The van der Waals surface area contributed by atoms with Gasteiger partial charge >= 0.3 is 0 Å². The molecule has 0 aromatic rings. The minimum atomic E-state index is -0.224. The molecule has 1 atom stereocenters. The number of hydrogen-bond donors (Lipinski definition) is 1. The maximum absolute atomic E-state index is 7.22. The van der Waals surface area contributed by atoms with Crippen LogP contribution >= 0.6 is 9.24 Å². The normalized spacial score (nSPS) is 11.3. The molecule has 3 heteroatoms. The molecule has 0 amide bonds. The predicted octanol–water partition coefficient (Wildman–Crippen LogP) is 2.21. The van der Waals surface area contributed by atoms with E-state index < -0.39 is 0 Å². The molecule has 64 valence electrons. The largest absolute Gasteiger partial charge is 0.367 e. The van der Waals surface area contributed by atoms with Gasteiger partial charge in [-0.05, 0) is 26.3 Å². The minimum absolute atomic E-state index is 0.224. The average molecular weight is 173 g/mol. The molecule has 0 aromatic heterocycles. The van der Waals surface area contributed by atoms with Crippen LogP contribution in [0.2, 0.25) is 0 Å². The fourth-order valence-corrected chi connectivity index (χ4v) is 0.465. The molecule has 2 nitrogen and oxygen atoms in total. The molecule has 0 radical (unpaired) electrons. The Morgan fingerprint density at radius 2 is 2.09 bits per heavy atom. The zero-order valence-electron chi connectivity index (χ0n) is 7.40. The molecule has 1 unspecified atom stereocenters. The summed E-state index contributed by atoms with van der Waals surface area (Å²) in [5, 5.41) is 7.00. The van der Waals surface area contributed by atoms with Gasteiger partial charge in [0.1, 0.15) is 0 Å². The summed E-state index contributed by atoms with van der Waals surface area (Å²) in [5.41, 5.74) is 1.22. The predicted molar refractivity (Wildman–Crippen MR) is 52.3 cm³/mol. The highest BCUT2D eigenvalue weighted by Gasteiger charge is 2.10. The van der Waals surface area contributed by atoms with Crippen LogP contribution in [0, 0.1) is 5.41 Å². The molecule has 0 aliphatic rings. The van der Waals surface area contributed by atoms with Crippen molar-refractivity contribution in [2.75, 3.05) is 6.61 Å². The highest BCUT2D eigenvalue weighted by atomic mass is 31.0. The van der Waals surface area contributed by atoms with Crippen LogP contribution in [0.25, 0.3) is 0 Å². The van der Waals surface area contributed by atoms with Crippen molar-refractivity contribution in [3.05, 3.63) is 12.2 Å². The van der Waals surface area contributed by atoms with E-state index in [9.17, 15) is 0 Å². The number of ether oxygens (including phenoxy) is 1. The molecule has 0 heterocycles. The third-order valence-corrected chi connectivity index (χ3v) is 1.32. The second-order valence-corrected chi connectivity index (χ2v) is 4.51. The van der Waals surface area contributed by atoms with E-state index in [-0.39, 0.29) is 5.34 Å². The Labute approximate surface area is 70.7 Å². The van der Waals surface area contributed by atoms with Gasteiger partial charge < -0.3 is 10.1 Å². The molecule has 0 aromatic carbocycles. The van der Waals surface area contributed by atoms with Crippen molar-refractivity contribution >= 4 is 15.0 Å². The minimum Gasteiger partial charge on any atom is -0.367 e. The SMILES string of the molecule is C=C(COC(C)(C)P)C(C)=N. The fraction of sp³-hybridized carbons (Fsp3) is 0.625. The van der Waals surface area contributed by atoms with Crippen LogP contribution < -0.4 is 0 Å². The molecule has 0 fully saturated rings. The third kappa shape index (κ3) is 6.21. The molecule has 11 heavy (non-hydrogen) atoms. The average Bonchev–Trinajstić information content (AvgIpc) is 1.80. The van der Waals surface area contributed by atoms with Crippen LogP contribution in [0.1, 0.15) is 20.8 Å². The molecular weight excluding hydrogens is 157 g/mol. The first-order valence-electron chi connectivity index (χ1n) is 3.49. The molecule has 0 bridgehead atoms. The van der Waals surface area contributed by atoms with E-state index in [0.29, 0.717) is 12.3 Å². The first-order chi connectivity index (χ1) is 4.83. The monoisotopic (exact) mass is 173 g/mol. The van der Waals surface area contributed by atoms with Crippen molar-refractivity contribution in [1.82, 2.24) is 0 Å². The lowest BCUT2D eigenvalue weighted by Gasteiger charge is -2.19. The van der Waals surface area contributed by atoms with Crippen molar-refractivity contribution in [2.24, 2.45) is 0 Å². The van der Waals surface area contributed by atoms with Gasteiger partial charge in [-0.15, -0.1) is 9.24 Å².